The number of rotatable bonds is 5. The Kier molecular flexibility index (Phi) is 5.18. The van der Waals surface area contributed by atoms with Crippen molar-refractivity contribution in [3.05, 3.63) is 94.6 Å². The van der Waals surface area contributed by atoms with Crippen molar-refractivity contribution in [3.63, 3.8) is 0 Å². The topological polar surface area (TPSA) is 44.9 Å². The highest BCUT2D eigenvalue weighted by atomic mass is 35.5. The lowest BCUT2D eigenvalue weighted by Gasteiger charge is -2.08. The van der Waals surface area contributed by atoms with Crippen LogP contribution in [0.5, 0.6) is 0 Å². The second-order valence-electron chi connectivity index (χ2n) is 6.96. The summed E-state index contributed by atoms with van der Waals surface area (Å²) in [6.07, 6.45) is 2.72. The van der Waals surface area contributed by atoms with Crippen LogP contribution in [0.25, 0.3) is 22.0 Å². The average Bonchev–Trinajstić information content (AvgIpc) is 3.10. The van der Waals surface area contributed by atoms with E-state index < -0.39 is 0 Å². The average molecular weight is 389 g/mol. The SMILES string of the molecule is Cc1cccc(-c2cccc(C(=O)NCCc3c[nH]c4ccc(Cl)cc34)c2)c1. The largest absolute Gasteiger partial charge is 0.361 e. The van der Waals surface area contributed by atoms with Crippen LogP contribution in [0.15, 0.2) is 72.9 Å². The molecule has 1 heterocycles. The maximum absolute atomic E-state index is 12.6. The van der Waals surface area contributed by atoms with E-state index in [9.17, 15) is 4.79 Å². The molecule has 0 saturated heterocycles. The van der Waals surface area contributed by atoms with Gasteiger partial charge in [-0.2, -0.15) is 0 Å². The third-order valence-corrected chi connectivity index (χ3v) is 5.12. The Bertz CT molecular complexity index is 1150. The van der Waals surface area contributed by atoms with Gasteiger partial charge in [-0.1, -0.05) is 53.6 Å². The number of hydrogen-bond acceptors (Lipinski definition) is 1. The fourth-order valence-corrected chi connectivity index (χ4v) is 3.61. The van der Waals surface area contributed by atoms with E-state index in [0.717, 1.165) is 34.0 Å². The van der Waals surface area contributed by atoms with E-state index in [1.54, 1.807) is 0 Å². The molecule has 1 amide bonds. The lowest BCUT2D eigenvalue weighted by molar-refractivity contribution is 0.0954. The summed E-state index contributed by atoms with van der Waals surface area (Å²) < 4.78 is 0. The normalized spacial score (nSPS) is 10.9. The molecule has 0 aliphatic carbocycles. The van der Waals surface area contributed by atoms with E-state index >= 15 is 0 Å². The summed E-state index contributed by atoms with van der Waals surface area (Å²) in [5.74, 6) is -0.0626. The van der Waals surface area contributed by atoms with Crippen molar-refractivity contribution in [1.82, 2.24) is 10.3 Å². The molecule has 2 N–H and O–H groups in total. The van der Waals surface area contributed by atoms with Crippen LogP contribution in [0, 0.1) is 6.92 Å². The Morgan fingerprint density at radius 2 is 1.79 bits per heavy atom. The molecule has 0 bridgehead atoms. The van der Waals surface area contributed by atoms with Crippen LogP contribution in [0.4, 0.5) is 0 Å². The summed E-state index contributed by atoms with van der Waals surface area (Å²) in [5, 5.41) is 4.83. The zero-order valence-electron chi connectivity index (χ0n) is 15.6. The van der Waals surface area contributed by atoms with Gasteiger partial charge in [0.25, 0.3) is 5.91 Å². The highest BCUT2D eigenvalue weighted by Crippen LogP contribution is 2.23. The van der Waals surface area contributed by atoms with Crippen molar-refractivity contribution in [2.45, 2.75) is 13.3 Å². The first-order valence-corrected chi connectivity index (χ1v) is 9.69. The summed E-state index contributed by atoms with van der Waals surface area (Å²) in [6.45, 7) is 2.63. The molecule has 4 rings (SSSR count). The molecule has 4 heteroatoms. The zero-order valence-corrected chi connectivity index (χ0v) is 16.4. The summed E-state index contributed by atoms with van der Waals surface area (Å²) in [7, 11) is 0. The first-order valence-electron chi connectivity index (χ1n) is 9.31. The van der Waals surface area contributed by atoms with E-state index in [4.69, 9.17) is 11.6 Å². The predicted octanol–water partition coefficient (Wildman–Crippen LogP) is 5.77. The maximum atomic E-state index is 12.6. The van der Waals surface area contributed by atoms with Gasteiger partial charge >= 0.3 is 0 Å². The molecule has 0 saturated carbocycles. The molecule has 28 heavy (non-hydrogen) atoms. The monoisotopic (exact) mass is 388 g/mol. The molecule has 0 atom stereocenters. The van der Waals surface area contributed by atoms with Crippen LogP contribution < -0.4 is 5.32 Å². The molecule has 0 fully saturated rings. The van der Waals surface area contributed by atoms with Crippen molar-refractivity contribution < 1.29 is 4.79 Å². The number of H-pyrrole nitrogens is 1. The Balaban J connectivity index is 1.44. The van der Waals surface area contributed by atoms with Crippen LogP contribution in [0.1, 0.15) is 21.5 Å². The highest BCUT2D eigenvalue weighted by Gasteiger charge is 2.09. The van der Waals surface area contributed by atoms with Gasteiger partial charge in [0, 0.05) is 34.2 Å². The molecular formula is C24H21ClN2O. The fraction of sp³-hybridized carbons (Fsp3) is 0.125. The van der Waals surface area contributed by atoms with Gasteiger partial charge < -0.3 is 10.3 Å². The van der Waals surface area contributed by atoms with Crippen LogP contribution >= 0.6 is 11.6 Å². The van der Waals surface area contributed by atoms with Crippen molar-refractivity contribution in [1.29, 1.82) is 0 Å². The van der Waals surface area contributed by atoms with Crippen molar-refractivity contribution >= 4 is 28.4 Å². The minimum atomic E-state index is -0.0626. The Morgan fingerprint density at radius 1 is 1.00 bits per heavy atom. The Morgan fingerprint density at radius 3 is 2.61 bits per heavy atom. The number of halogens is 1. The standard InChI is InChI=1S/C24H21ClN2O/c1-16-4-2-5-17(12-16)18-6-3-7-19(13-18)24(28)26-11-10-20-15-27-23-9-8-21(25)14-22(20)23/h2-9,12-15,27H,10-11H2,1H3,(H,26,28). The minimum absolute atomic E-state index is 0.0626. The van der Waals surface area contributed by atoms with Crippen molar-refractivity contribution in [2.75, 3.05) is 6.54 Å². The number of amides is 1. The van der Waals surface area contributed by atoms with Crippen LogP contribution in [-0.4, -0.2) is 17.4 Å². The first kappa shape index (κ1) is 18.3. The second kappa shape index (κ2) is 7.91. The van der Waals surface area contributed by atoms with Gasteiger partial charge in [0.2, 0.25) is 0 Å². The van der Waals surface area contributed by atoms with Gasteiger partial charge in [0.05, 0.1) is 0 Å². The quantitative estimate of drug-likeness (QED) is 0.448. The van der Waals surface area contributed by atoms with Gasteiger partial charge in [0.15, 0.2) is 0 Å². The van der Waals surface area contributed by atoms with Crippen LogP contribution in [0.2, 0.25) is 5.02 Å². The number of benzene rings is 3. The summed E-state index contributed by atoms with van der Waals surface area (Å²) >= 11 is 6.10. The molecule has 0 aliphatic rings. The number of aromatic amines is 1. The number of hydrogen-bond donors (Lipinski definition) is 2. The van der Waals surface area contributed by atoms with Gasteiger partial charge in [-0.3, -0.25) is 4.79 Å². The van der Waals surface area contributed by atoms with Gasteiger partial charge in [0.1, 0.15) is 0 Å². The Labute approximate surface area is 169 Å². The number of fused-ring (bicyclic) bond motifs is 1. The Hall–Kier alpha value is -3.04. The van der Waals surface area contributed by atoms with Gasteiger partial charge in [-0.25, -0.2) is 0 Å². The number of aryl methyl sites for hydroxylation is 1. The van der Waals surface area contributed by atoms with E-state index in [0.29, 0.717) is 17.1 Å². The molecule has 0 spiro atoms. The maximum Gasteiger partial charge on any atom is 0.251 e. The lowest BCUT2D eigenvalue weighted by Crippen LogP contribution is -2.25. The lowest BCUT2D eigenvalue weighted by atomic mass is 10.0. The van der Waals surface area contributed by atoms with Crippen molar-refractivity contribution in [3.8, 4) is 11.1 Å². The molecular weight excluding hydrogens is 368 g/mol. The number of carbonyl (C=O) groups is 1. The molecule has 1 aromatic heterocycles. The van der Waals surface area contributed by atoms with Gasteiger partial charge in [-0.15, -0.1) is 0 Å². The number of nitrogens with one attached hydrogen (secondary N) is 2. The molecule has 3 nitrogen and oxygen atoms in total. The summed E-state index contributed by atoms with van der Waals surface area (Å²) in [5.41, 5.74) is 6.22. The number of carbonyl (C=O) groups excluding carboxylic acids is 1. The molecule has 0 aliphatic heterocycles. The second-order valence-corrected chi connectivity index (χ2v) is 7.40. The summed E-state index contributed by atoms with van der Waals surface area (Å²) in [4.78, 5) is 15.8. The third-order valence-electron chi connectivity index (χ3n) is 4.89. The molecule has 3 aromatic carbocycles. The fourth-order valence-electron chi connectivity index (χ4n) is 3.43. The van der Waals surface area contributed by atoms with E-state index in [1.807, 2.05) is 54.7 Å². The third kappa shape index (κ3) is 3.95. The minimum Gasteiger partial charge on any atom is -0.361 e. The molecule has 0 unspecified atom stereocenters. The van der Waals surface area contributed by atoms with E-state index in [2.05, 4.69) is 35.4 Å². The van der Waals surface area contributed by atoms with Crippen LogP contribution in [0.3, 0.4) is 0 Å². The molecule has 140 valence electrons. The highest BCUT2D eigenvalue weighted by molar-refractivity contribution is 6.31. The summed E-state index contributed by atoms with van der Waals surface area (Å²) in [6, 6.07) is 21.8. The van der Waals surface area contributed by atoms with Crippen molar-refractivity contribution in [2.24, 2.45) is 0 Å². The zero-order chi connectivity index (χ0) is 19.5. The van der Waals surface area contributed by atoms with E-state index in [-0.39, 0.29) is 5.91 Å². The predicted molar refractivity (Wildman–Crippen MR) is 116 cm³/mol. The van der Waals surface area contributed by atoms with E-state index in [1.165, 1.54) is 5.56 Å². The van der Waals surface area contributed by atoms with Gasteiger partial charge in [-0.05, 0) is 60.4 Å². The first-order chi connectivity index (χ1) is 13.6. The number of aromatic nitrogens is 1. The smallest absolute Gasteiger partial charge is 0.251 e. The molecule has 4 aromatic rings. The molecule has 0 radical (unpaired) electrons. The van der Waals surface area contributed by atoms with Crippen LogP contribution in [-0.2, 0) is 6.42 Å².